The lowest BCUT2D eigenvalue weighted by atomic mass is 10.2. The lowest BCUT2D eigenvalue weighted by Crippen LogP contribution is -2.15. The van der Waals surface area contributed by atoms with Crippen LogP contribution in [0.25, 0.3) is 0 Å². The van der Waals surface area contributed by atoms with Gasteiger partial charge in [-0.2, -0.15) is 0 Å². The molecule has 0 bridgehead atoms. The minimum absolute atomic E-state index is 0.248. The monoisotopic (exact) mass is 285 g/mol. The van der Waals surface area contributed by atoms with E-state index >= 15 is 0 Å². The van der Waals surface area contributed by atoms with Gasteiger partial charge in [-0.25, -0.2) is 15.0 Å². The van der Waals surface area contributed by atoms with Crippen LogP contribution in [0.5, 0.6) is 0 Å². The van der Waals surface area contributed by atoms with Crippen molar-refractivity contribution in [2.24, 2.45) is 0 Å². The van der Waals surface area contributed by atoms with Gasteiger partial charge in [0.1, 0.15) is 5.82 Å². The van der Waals surface area contributed by atoms with Crippen molar-refractivity contribution in [1.82, 2.24) is 15.0 Å². The van der Waals surface area contributed by atoms with E-state index in [1.165, 1.54) is 0 Å². The number of carbonyl (C=O) groups is 1. The summed E-state index contributed by atoms with van der Waals surface area (Å²) in [6.07, 6.45) is 2.60. The van der Waals surface area contributed by atoms with Crippen molar-refractivity contribution in [2.75, 3.05) is 17.2 Å². The topological polar surface area (TPSA) is 79.8 Å². The van der Waals surface area contributed by atoms with Gasteiger partial charge in [0.05, 0.1) is 0 Å². The molecule has 2 aromatic heterocycles. The van der Waals surface area contributed by atoms with Crippen molar-refractivity contribution in [3.05, 3.63) is 41.3 Å². The predicted molar refractivity (Wildman–Crippen MR) is 82.5 cm³/mol. The number of pyridine rings is 1. The average Bonchev–Trinajstić information content (AvgIpc) is 2.44. The lowest BCUT2D eigenvalue weighted by Gasteiger charge is -2.07. The van der Waals surface area contributed by atoms with Crippen molar-refractivity contribution in [1.29, 1.82) is 0 Å². The van der Waals surface area contributed by atoms with Gasteiger partial charge in [0.15, 0.2) is 0 Å². The maximum atomic E-state index is 12.2. The summed E-state index contributed by atoms with van der Waals surface area (Å²) in [5, 5.41) is 5.86. The molecule has 6 nitrogen and oxygen atoms in total. The SMILES string of the molecule is CCCNc1cc(C(=O)Nc2nc(C)cc(C)n2)ccn1. The molecular formula is C15H19N5O. The molecule has 1 amide bonds. The number of rotatable bonds is 5. The molecule has 0 spiro atoms. The smallest absolute Gasteiger partial charge is 0.258 e. The van der Waals surface area contributed by atoms with Crippen molar-refractivity contribution >= 4 is 17.7 Å². The van der Waals surface area contributed by atoms with E-state index in [1.807, 2.05) is 19.9 Å². The van der Waals surface area contributed by atoms with Gasteiger partial charge >= 0.3 is 0 Å². The van der Waals surface area contributed by atoms with Crippen LogP contribution in [0.3, 0.4) is 0 Å². The summed E-state index contributed by atoms with van der Waals surface area (Å²) in [7, 11) is 0. The van der Waals surface area contributed by atoms with Gasteiger partial charge in [0.25, 0.3) is 5.91 Å². The highest BCUT2D eigenvalue weighted by Gasteiger charge is 2.09. The fraction of sp³-hybridized carbons (Fsp3) is 0.333. The average molecular weight is 285 g/mol. The zero-order valence-corrected chi connectivity index (χ0v) is 12.5. The lowest BCUT2D eigenvalue weighted by molar-refractivity contribution is 0.102. The maximum absolute atomic E-state index is 12.2. The Balaban J connectivity index is 2.12. The molecule has 0 atom stereocenters. The first-order valence-corrected chi connectivity index (χ1v) is 6.92. The molecule has 0 radical (unpaired) electrons. The fourth-order valence-electron chi connectivity index (χ4n) is 1.88. The second kappa shape index (κ2) is 6.78. The summed E-state index contributed by atoms with van der Waals surface area (Å²) in [6, 6.07) is 5.23. The number of hydrogen-bond acceptors (Lipinski definition) is 5. The second-order valence-corrected chi connectivity index (χ2v) is 4.78. The molecule has 21 heavy (non-hydrogen) atoms. The van der Waals surface area contributed by atoms with Crippen LogP contribution in [0.2, 0.25) is 0 Å². The van der Waals surface area contributed by atoms with Crippen LogP contribution < -0.4 is 10.6 Å². The van der Waals surface area contributed by atoms with Crippen molar-refractivity contribution < 1.29 is 4.79 Å². The second-order valence-electron chi connectivity index (χ2n) is 4.78. The molecule has 2 rings (SSSR count). The number of amides is 1. The third-order valence-electron chi connectivity index (χ3n) is 2.79. The third-order valence-corrected chi connectivity index (χ3v) is 2.79. The van der Waals surface area contributed by atoms with Gasteiger partial charge < -0.3 is 5.32 Å². The number of nitrogens with zero attached hydrogens (tertiary/aromatic N) is 3. The predicted octanol–water partition coefficient (Wildman–Crippen LogP) is 2.56. The summed E-state index contributed by atoms with van der Waals surface area (Å²) in [5.41, 5.74) is 2.15. The van der Waals surface area contributed by atoms with E-state index in [2.05, 4.69) is 32.5 Å². The Kier molecular flexibility index (Phi) is 4.81. The fourth-order valence-corrected chi connectivity index (χ4v) is 1.88. The molecule has 0 fully saturated rings. The number of anilines is 2. The van der Waals surface area contributed by atoms with Gasteiger partial charge in [-0.1, -0.05) is 6.92 Å². The number of carbonyl (C=O) groups excluding carboxylic acids is 1. The molecular weight excluding hydrogens is 266 g/mol. The summed E-state index contributed by atoms with van der Waals surface area (Å²) in [5.74, 6) is 0.755. The highest BCUT2D eigenvalue weighted by molar-refractivity contribution is 6.03. The molecule has 6 heteroatoms. The standard InChI is InChI=1S/C15H19N5O/c1-4-6-16-13-9-12(5-7-17-13)14(21)20-15-18-10(2)8-11(3)19-15/h5,7-9H,4,6H2,1-3H3,(H,16,17)(H,18,19,20,21). The molecule has 110 valence electrons. The highest BCUT2D eigenvalue weighted by atomic mass is 16.1. The Labute approximate surface area is 124 Å². The molecule has 2 aromatic rings. The first-order valence-electron chi connectivity index (χ1n) is 6.92. The van der Waals surface area contributed by atoms with Gasteiger partial charge in [0, 0.05) is 29.7 Å². The summed E-state index contributed by atoms with van der Waals surface area (Å²) < 4.78 is 0. The Morgan fingerprint density at radius 3 is 2.57 bits per heavy atom. The largest absolute Gasteiger partial charge is 0.370 e. The summed E-state index contributed by atoms with van der Waals surface area (Å²) in [4.78, 5) is 24.8. The molecule has 2 heterocycles. The summed E-state index contributed by atoms with van der Waals surface area (Å²) >= 11 is 0. The normalized spacial score (nSPS) is 10.2. The van der Waals surface area contributed by atoms with Gasteiger partial charge in [-0.05, 0) is 38.5 Å². The molecule has 0 unspecified atom stereocenters. The van der Waals surface area contributed by atoms with Crippen LogP contribution in [0.4, 0.5) is 11.8 Å². The zero-order valence-electron chi connectivity index (χ0n) is 12.5. The van der Waals surface area contributed by atoms with Crippen LogP contribution in [-0.2, 0) is 0 Å². The minimum atomic E-state index is -0.248. The Morgan fingerprint density at radius 2 is 1.90 bits per heavy atom. The maximum Gasteiger partial charge on any atom is 0.258 e. The van der Waals surface area contributed by atoms with E-state index in [0.717, 1.165) is 24.4 Å². The zero-order chi connectivity index (χ0) is 15.2. The van der Waals surface area contributed by atoms with E-state index in [0.29, 0.717) is 17.3 Å². The van der Waals surface area contributed by atoms with Crippen molar-refractivity contribution in [3.63, 3.8) is 0 Å². The first kappa shape index (κ1) is 14.9. The highest BCUT2D eigenvalue weighted by Crippen LogP contribution is 2.10. The number of nitrogens with one attached hydrogen (secondary N) is 2. The Hall–Kier alpha value is -2.50. The summed E-state index contributed by atoms with van der Waals surface area (Å²) in [6.45, 7) is 6.62. The van der Waals surface area contributed by atoms with Crippen LogP contribution in [-0.4, -0.2) is 27.4 Å². The number of aryl methyl sites for hydroxylation is 2. The quantitative estimate of drug-likeness (QED) is 0.882. The molecule has 0 saturated heterocycles. The van der Waals surface area contributed by atoms with E-state index in [1.54, 1.807) is 18.3 Å². The number of hydrogen-bond donors (Lipinski definition) is 2. The Morgan fingerprint density at radius 1 is 1.19 bits per heavy atom. The Bertz CT molecular complexity index is 621. The number of aromatic nitrogens is 3. The molecule has 0 aliphatic heterocycles. The van der Waals surface area contributed by atoms with Crippen LogP contribution in [0.1, 0.15) is 35.1 Å². The van der Waals surface area contributed by atoms with Crippen molar-refractivity contribution in [3.8, 4) is 0 Å². The van der Waals surface area contributed by atoms with Crippen molar-refractivity contribution in [2.45, 2.75) is 27.2 Å². The van der Waals surface area contributed by atoms with Crippen LogP contribution >= 0.6 is 0 Å². The first-order chi connectivity index (χ1) is 10.1. The molecule has 0 aromatic carbocycles. The van der Waals surface area contributed by atoms with E-state index in [4.69, 9.17) is 0 Å². The molecule has 2 N–H and O–H groups in total. The minimum Gasteiger partial charge on any atom is -0.370 e. The van der Waals surface area contributed by atoms with Gasteiger partial charge in [-0.15, -0.1) is 0 Å². The van der Waals surface area contributed by atoms with E-state index < -0.39 is 0 Å². The van der Waals surface area contributed by atoms with E-state index in [9.17, 15) is 4.79 Å². The van der Waals surface area contributed by atoms with Gasteiger partial charge in [0.2, 0.25) is 5.95 Å². The molecule has 0 aliphatic carbocycles. The van der Waals surface area contributed by atoms with Crippen LogP contribution in [0.15, 0.2) is 24.4 Å². The molecule has 0 saturated carbocycles. The van der Waals surface area contributed by atoms with Gasteiger partial charge in [-0.3, -0.25) is 10.1 Å². The third kappa shape index (κ3) is 4.24. The van der Waals surface area contributed by atoms with Crippen LogP contribution in [0, 0.1) is 13.8 Å². The molecule has 0 aliphatic rings. The van der Waals surface area contributed by atoms with E-state index in [-0.39, 0.29) is 5.91 Å².